The van der Waals surface area contributed by atoms with Crippen molar-refractivity contribution in [3.8, 4) is 5.75 Å². The monoisotopic (exact) mass is 553 g/mol. The summed E-state index contributed by atoms with van der Waals surface area (Å²) in [5.41, 5.74) is 5.03. The van der Waals surface area contributed by atoms with Crippen LogP contribution in [0.5, 0.6) is 5.75 Å². The van der Waals surface area contributed by atoms with Crippen LogP contribution in [0.2, 0.25) is 5.02 Å². The zero-order valence-corrected chi connectivity index (χ0v) is 22.7. The van der Waals surface area contributed by atoms with E-state index in [1.54, 1.807) is 56.3 Å². The third kappa shape index (κ3) is 6.79. The molecular formula is C28H28ClN3O5S. The molecule has 0 radical (unpaired) electrons. The van der Waals surface area contributed by atoms with Crippen molar-refractivity contribution in [1.82, 2.24) is 5.43 Å². The van der Waals surface area contributed by atoms with Crippen molar-refractivity contribution in [1.29, 1.82) is 0 Å². The number of amides is 2. The lowest BCUT2D eigenvalue weighted by Crippen LogP contribution is -2.33. The first-order valence-corrected chi connectivity index (χ1v) is 13.5. The van der Waals surface area contributed by atoms with E-state index in [1.165, 1.54) is 17.6 Å². The Labute approximate surface area is 230 Å². The number of thiophene rings is 1. The van der Waals surface area contributed by atoms with Crippen molar-refractivity contribution in [2.45, 2.75) is 45.6 Å². The number of nitrogens with one attached hydrogen (secondary N) is 2. The maximum Gasteiger partial charge on any atom is 0.341 e. The molecule has 10 heteroatoms. The number of aryl methyl sites for hydroxylation is 1. The number of hydrazone groups is 1. The van der Waals surface area contributed by atoms with E-state index in [0.29, 0.717) is 26.9 Å². The quantitative estimate of drug-likeness (QED) is 0.203. The van der Waals surface area contributed by atoms with Crippen molar-refractivity contribution in [3.05, 3.63) is 80.7 Å². The Hall–Kier alpha value is -3.69. The SMILES string of the molecule is CCOC(=O)c1c(NC(=O)c2ccc(O[C@@H](C)C(=O)N/N=C\c3cccc(Cl)c3)cc2)sc2c1CCCC2. The number of nitrogens with zero attached hydrogens (tertiary/aromatic N) is 1. The van der Waals surface area contributed by atoms with E-state index in [9.17, 15) is 14.4 Å². The summed E-state index contributed by atoms with van der Waals surface area (Å²) < 4.78 is 10.9. The number of fused-ring (bicyclic) bond motifs is 1. The van der Waals surface area contributed by atoms with Gasteiger partial charge in [0.05, 0.1) is 18.4 Å². The van der Waals surface area contributed by atoms with Gasteiger partial charge in [-0.15, -0.1) is 11.3 Å². The lowest BCUT2D eigenvalue weighted by Gasteiger charge is -2.13. The molecule has 2 N–H and O–H groups in total. The number of benzene rings is 2. The second-order valence-corrected chi connectivity index (χ2v) is 10.2. The minimum Gasteiger partial charge on any atom is -0.481 e. The number of carbonyl (C=O) groups is 3. The molecule has 198 valence electrons. The van der Waals surface area contributed by atoms with E-state index in [1.807, 2.05) is 6.07 Å². The number of hydrogen-bond acceptors (Lipinski definition) is 7. The number of esters is 1. The topological polar surface area (TPSA) is 106 Å². The van der Waals surface area contributed by atoms with E-state index < -0.39 is 18.0 Å². The van der Waals surface area contributed by atoms with Gasteiger partial charge in [-0.3, -0.25) is 9.59 Å². The Bertz CT molecular complexity index is 1350. The van der Waals surface area contributed by atoms with Gasteiger partial charge in [-0.05, 0) is 87.1 Å². The lowest BCUT2D eigenvalue weighted by atomic mass is 9.95. The maximum atomic E-state index is 13.0. The molecule has 3 aromatic rings. The summed E-state index contributed by atoms with van der Waals surface area (Å²) in [5, 5.41) is 7.91. The molecular weight excluding hydrogens is 526 g/mol. The number of rotatable bonds is 9. The zero-order chi connectivity index (χ0) is 27.1. The molecule has 1 aliphatic carbocycles. The standard InChI is InChI=1S/C28H28ClN3O5S/c1-3-36-28(35)24-22-9-4-5-10-23(22)38-27(24)31-26(34)19-11-13-21(14-12-19)37-17(2)25(33)32-30-16-18-7-6-8-20(29)15-18/h6-8,11-17H,3-5,9-10H2,1-2H3,(H,31,34)(H,32,33)/b30-16-/t17-/m0/s1. The summed E-state index contributed by atoms with van der Waals surface area (Å²) in [6.45, 7) is 3.63. The molecule has 0 saturated carbocycles. The van der Waals surface area contributed by atoms with E-state index in [-0.39, 0.29) is 12.5 Å². The zero-order valence-electron chi connectivity index (χ0n) is 21.1. The van der Waals surface area contributed by atoms with Crippen molar-refractivity contribution >= 4 is 51.9 Å². The average Bonchev–Trinajstić information content (AvgIpc) is 3.27. The Morgan fingerprint density at radius 2 is 1.89 bits per heavy atom. The van der Waals surface area contributed by atoms with Crippen LogP contribution in [0, 0.1) is 0 Å². The first-order chi connectivity index (χ1) is 18.4. The van der Waals surface area contributed by atoms with Gasteiger partial charge in [0.25, 0.3) is 11.8 Å². The van der Waals surface area contributed by atoms with Crippen molar-refractivity contribution in [2.24, 2.45) is 5.10 Å². The minimum atomic E-state index is -0.823. The summed E-state index contributed by atoms with van der Waals surface area (Å²) >= 11 is 7.38. The number of ether oxygens (including phenoxy) is 2. The molecule has 2 amide bonds. The van der Waals surface area contributed by atoms with Crippen LogP contribution in [-0.4, -0.2) is 36.7 Å². The summed E-state index contributed by atoms with van der Waals surface area (Å²) in [6, 6.07) is 13.5. The van der Waals surface area contributed by atoms with Gasteiger partial charge in [0.15, 0.2) is 6.10 Å². The van der Waals surface area contributed by atoms with Crippen LogP contribution >= 0.6 is 22.9 Å². The van der Waals surface area contributed by atoms with Crippen molar-refractivity contribution in [2.75, 3.05) is 11.9 Å². The van der Waals surface area contributed by atoms with Crippen molar-refractivity contribution < 1.29 is 23.9 Å². The van der Waals surface area contributed by atoms with Crippen LogP contribution < -0.4 is 15.5 Å². The molecule has 8 nitrogen and oxygen atoms in total. The molecule has 1 heterocycles. The van der Waals surface area contributed by atoms with Crippen LogP contribution in [0.1, 0.15) is 63.4 Å². The van der Waals surface area contributed by atoms with Crippen LogP contribution in [0.4, 0.5) is 5.00 Å². The molecule has 1 aliphatic rings. The van der Waals surface area contributed by atoms with Crippen LogP contribution in [0.3, 0.4) is 0 Å². The van der Waals surface area contributed by atoms with Gasteiger partial charge in [0.2, 0.25) is 0 Å². The molecule has 2 aromatic carbocycles. The summed E-state index contributed by atoms with van der Waals surface area (Å²) in [6.07, 6.45) is 4.44. The van der Waals surface area contributed by atoms with E-state index in [4.69, 9.17) is 21.1 Å². The second kappa shape index (κ2) is 12.7. The number of anilines is 1. The highest BCUT2D eigenvalue weighted by atomic mass is 35.5. The van der Waals surface area contributed by atoms with Gasteiger partial charge >= 0.3 is 5.97 Å². The average molecular weight is 554 g/mol. The molecule has 0 unspecified atom stereocenters. The van der Waals surface area contributed by atoms with Crippen LogP contribution in [-0.2, 0) is 22.4 Å². The fourth-order valence-corrected chi connectivity index (χ4v) is 5.51. The molecule has 0 saturated heterocycles. The fourth-order valence-electron chi connectivity index (χ4n) is 4.04. The minimum absolute atomic E-state index is 0.267. The van der Waals surface area contributed by atoms with Crippen molar-refractivity contribution in [3.63, 3.8) is 0 Å². The normalized spacial score (nSPS) is 13.4. The lowest BCUT2D eigenvalue weighted by molar-refractivity contribution is -0.127. The molecule has 0 fully saturated rings. The highest BCUT2D eigenvalue weighted by Crippen LogP contribution is 2.38. The predicted octanol–water partition coefficient (Wildman–Crippen LogP) is 5.63. The van der Waals surface area contributed by atoms with Gasteiger partial charge in [0, 0.05) is 15.5 Å². The van der Waals surface area contributed by atoms with Crippen LogP contribution in [0.15, 0.2) is 53.6 Å². The largest absolute Gasteiger partial charge is 0.481 e. The summed E-state index contributed by atoms with van der Waals surface area (Å²) in [7, 11) is 0. The molecule has 1 aromatic heterocycles. The number of hydrogen-bond donors (Lipinski definition) is 2. The molecule has 4 rings (SSSR count). The van der Waals surface area contributed by atoms with Gasteiger partial charge in [0.1, 0.15) is 10.8 Å². The number of carbonyl (C=O) groups excluding carboxylic acids is 3. The third-order valence-corrected chi connectivity index (χ3v) is 7.36. The summed E-state index contributed by atoms with van der Waals surface area (Å²) in [5.74, 6) is -0.767. The van der Waals surface area contributed by atoms with Gasteiger partial charge in [-0.1, -0.05) is 23.7 Å². The molecule has 0 aliphatic heterocycles. The number of halogens is 1. The maximum absolute atomic E-state index is 13.0. The highest BCUT2D eigenvalue weighted by molar-refractivity contribution is 7.17. The van der Waals surface area contributed by atoms with E-state index >= 15 is 0 Å². The Morgan fingerprint density at radius 3 is 2.63 bits per heavy atom. The fraction of sp³-hybridized carbons (Fsp3) is 0.286. The Balaban J connectivity index is 1.36. The first kappa shape index (κ1) is 27.3. The summed E-state index contributed by atoms with van der Waals surface area (Å²) in [4.78, 5) is 39.1. The molecule has 38 heavy (non-hydrogen) atoms. The second-order valence-electron chi connectivity index (χ2n) is 8.66. The van der Waals surface area contributed by atoms with Crippen LogP contribution in [0.25, 0.3) is 0 Å². The Morgan fingerprint density at radius 1 is 1.13 bits per heavy atom. The third-order valence-electron chi connectivity index (χ3n) is 5.91. The predicted molar refractivity (Wildman–Crippen MR) is 149 cm³/mol. The van der Waals surface area contributed by atoms with Gasteiger partial charge < -0.3 is 14.8 Å². The van der Waals surface area contributed by atoms with E-state index in [2.05, 4.69) is 15.8 Å². The first-order valence-electron chi connectivity index (χ1n) is 12.3. The highest BCUT2D eigenvalue weighted by Gasteiger charge is 2.27. The molecule has 1 atom stereocenters. The van der Waals surface area contributed by atoms with Gasteiger partial charge in [-0.2, -0.15) is 5.10 Å². The molecule has 0 bridgehead atoms. The Kier molecular flexibility index (Phi) is 9.15. The van der Waals surface area contributed by atoms with E-state index in [0.717, 1.165) is 41.7 Å². The smallest absolute Gasteiger partial charge is 0.341 e. The van der Waals surface area contributed by atoms with Gasteiger partial charge in [-0.25, -0.2) is 10.2 Å². The molecule has 0 spiro atoms.